The second kappa shape index (κ2) is 10.1. The van der Waals surface area contributed by atoms with E-state index in [1.165, 1.54) is 18.2 Å². The maximum Gasteiger partial charge on any atom is 0.263 e. The van der Waals surface area contributed by atoms with Crippen molar-refractivity contribution in [3.8, 4) is 5.75 Å². The van der Waals surface area contributed by atoms with Gasteiger partial charge in [0.2, 0.25) is 0 Å². The zero-order valence-electron chi connectivity index (χ0n) is 18.1. The summed E-state index contributed by atoms with van der Waals surface area (Å²) in [5.41, 5.74) is 2.50. The third kappa shape index (κ3) is 5.81. The van der Waals surface area contributed by atoms with Crippen molar-refractivity contribution in [1.29, 1.82) is 0 Å². The van der Waals surface area contributed by atoms with E-state index in [0.717, 1.165) is 16.9 Å². The molecular formula is C24H25ClN2O4S. The van der Waals surface area contributed by atoms with Gasteiger partial charge in [0.15, 0.2) is 0 Å². The van der Waals surface area contributed by atoms with E-state index in [2.05, 4.69) is 10.0 Å². The molecule has 0 aliphatic rings. The highest BCUT2D eigenvalue weighted by Crippen LogP contribution is 2.26. The molecule has 3 aromatic carbocycles. The van der Waals surface area contributed by atoms with Crippen LogP contribution < -0.4 is 14.8 Å². The van der Waals surface area contributed by atoms with Crippen LogP contribution in [0.15, 0.2) is 71.6 Å². The van der Waals surface area contributed by atoms with Gasteiger partial charge in [-0.3, -0.25) is 9.52 Å². The van der Waals surface area contributed by atoms with Crippen molar-refractivity contribution in [2.24, 2.45) is 0 Å². The lowest BCUT2D eigenvalue weighted by atomic mass is 10.1. The lowest BCUT2D eigenvalue weighted by molar-refractivity contribution is 0.0939. The van der Waals surface area contributed by atoms with Gasteiger partial charge < -0.3 is 10.1 Å². The van der Waals surface area contributed by atoms with Crippen molar-refractivity contribution in [2.75, 3.05) is 11.3 Å². The minimum Gasteiger partial charge on any atom is -0.494 e. The number of hydrogen-bond donors (Lipinski definition) is 2. The van der Waals surface area contributed by atoms with E-state index in [-0.39, 0.29) is 21.5 Å². The molecule has 6 nitrogen and oxygen atoms in total. The van der Waals surface area contributed by atoms with Gasteiger partial charge in [-0.15, -0.1) is 0 Å². The SMILES string of the molecule is CCOc1ccc(C(C)NC(=O)c2ccc(Cl)c(S(=O)(=O)Nc3ccc(C)cc3)c2)cc1. The molecular weight excluding hydrogens is 448 g/mol. The molecule has 3 rings (SSSR count). The van der Waals surface area contributed by atoms with Crippen LogP contribution in [-0.4, -0.2) is 20.9 Å². The summed E-state index contributed by atoms with van der Waals surface area (Å²) in [5, 5.41) is 2.91. The maximum absolute atomic E-state index is 12.9. The van der Waals surface area contributed by atoms with Crippen LogP contribution in [0.25, 0.3) is 0 Å². The van der Waals surface area contributed by atoms with Crippen LogP contribution in [0.3, 0.4) is 0 Å². The molecule has 0 fully saturated rings. The Labute approximate surface area is 193 Å². The molecule has 0 saturated carbocycles. The average Bonchev–Trinajstić information content (AvgIpc) is 2.76. The van der Waals surface area contributed by atoms with Crippen molar-refractivity contribution in [3.63, 3.8) is 0 Å². The summed E-state index contributed by atoms with van der Waals surface area (Å²) in [6.45, 7) is 6.24. The zero-order valence-corrected chi connectivity index (χ0v) is 19.6. The normalized spacial score (nSPS) is 12.1. The number of ether oxygens (including phenoxy) is 1. The van der Waals surface area contributed by atoms with Gasteiger partial charge in [-0.2, -0.15) is 0 Å². The number of halogens is 1. The number of nitrogens with one attached hydrogen (secondary N) is 2. The van der Waals surface area contributed by atoms with Crippen molar-refractivity contribution in [2.45, 2.75) is 31.7 Å². The molecule has 3 aromatic rings. The van der Waals surface area contributed by atoms with Crippen LogP contribution in [0.5, 0.6) is 5.75 Å². The first-order chi connectivity index (χ1) is 15.2. The summed E-state index contributed by atoms with van der Waals surface area (Å²) in [7, 11) is -3.98. The van der Waals surface area contributed by atoms with Gasteiger partial charge in [0.1, 0.15) is 10.6 Å². The van der Waals surface area contributed by atoms with Crippen LogP contribution in [0.2, 0.25) is 5.02 Å². The second-order valence-corrected chi connectivity index (χ2v) is 9.37. The fourth-order valence-corrected chi connectivity index (χ4v) is 4.65. The van der Waals surface area contributed by atoms with E-state index >= 15 is 0 Å². The molecule has 1 unspecified atom stereocenters. The predicted octanol–water partition coefficient (Wildman–Crippen LogP) is 5.34. The number of carbonyl (C=O) groups is 1. The van der Waals surface area contributed by atoms with Crippen LogP contribution in [-0.2, 0) is 10.0 Å². The number of hydrogen-bond acceptors (Lipinski definition) is 4. The first-order valence-electron chi connectivity index (χ1n) is 10.1. The van der Waals surface area contributed by atoms with E-state index in [1.807, 2.05) is 45.0 Å². The molecule has 0 aromatic heterocycles. The van der Waals surface area contributed by atoms with E-state index in [0.29, 0.717) is 12.3 Å². The Bertz CT molecular complexity index is 1190. The number of aryl methyl sites for hydroxylation is 1. The van der Waals surface area contributed by atoms with E-state index < -0.39 is 15.9 Å². The monoisotopic (exact) mass is 472 g/mol. The molecule has 0 radical (unpaired) electrons. The third-order valence-corrected chi connectivity index (χ3v) is 6.69. The van der Waals surface area contributed by atoms with Crippen molar-refractivity contribution >= 4 is 33.2 Å². The Morgan fingerprint density at radius 2 is 1.69 bits per heavy atom. The molecule has 0 bridgehead atoms. The fraction of sp³-hybridized carbons (Fsp3) is 0.208. The van der Waals surface area contributed by atoms with Crippen molar-refractivity contribution in [1.82, 2.24) is 5.32 Å². The van der Waals surface area contributed by atoms with Crippen molar-refractivity contribution < 1.29 is 17.9 Å². The van der Waals surface area contributed by atoms with Gasteiger partial charge in [0, 0.05) is 11.3 Å². The molecule has 0 heterocycles. The first kappa shape index (κ1) is 23.6. The highest BCUT2D eigenvalue weighted by atomic mass is 35.5. The van der Waals surface area contributed by atoms with Gasteiger partial charge in [0.25, 0.3) is 15.9 Å². The molecule has 1 amide bonds. The average molecular weight is 473 g/mol. The quantitative estimate of drug-likeness (QED) is 0.463. The van der Waals surface area contributed by atoms with Gasteiger partial charge in [-0.05, 0) is 68.8 Å². The molecule has 1 atom stereocenters. The minimum atomic E-state index is -3.98. The van der Waals surface area contributed by atoms with Gasteiger partial charge >= 0.3 is 0 Å². The first-order valence-corrected chi connectivity index (χ1v) is 12.0. The highest BCUT2D eigenvalue weighted by molar-refractivity contribution is 7.92. The third-order valence-electron chi connectivity index (χ3n) is 4.83. The summed E-state index contributed by atoms with van der Waals surface area (Å²) < 4.78 is 33.7. The zero-order chi connectivity index (χ0) is 23.3. The van der Waals surface area contributed by atoms with Crippen LogP contribution in [0.4, 0.5) is 5.69 Å². The number of carbonyl (C=O) groups excluding carboxylic acids is 1. The number of anilines is 1. The van der Waals surface area contributed by atoms with Gasteiger partial charge in [-0.1, -0.05) is 41.4 Å². The van der Waals surface area contributed by atoms with Crippen LogP contribution in [0, 0.1) is 6.92 Å². The number of sulfonamides is 1. The lowest BCUT2D eigenvalue weighted by Gasteiger charge is -2.16. The Morgan fingerprint density at radius 1 is 1.03 bits per heavy atom. The van der Waals surface area contributed by atoms with E-state index in [4.69, 9.17) is 16.3 Å². The van der Waals surface area contributed by atoms with Gasteiger partial charge in [-0.25, -0.2) is 8.42 Å². The van der Waals surface area contributed by atoms with E-state index in [9.17, 15) is 13.2 Å². The molecule has 0 saturated heterocycles. The molecule has 0 aliphatic carbocycles. The standard InChI is InChI=1S/C24H25ClN2O4S/c1-4-31-21-12-7-18(8-13-21)17(3)26-24(28)19-9-14-22(25)23(15-19)32(29,30)27-20-10-5-16(2)6-11-20/h5-15,17,27H,4H2,1-3H3,(H,26,28). The smallest absolute Gasteiger partial charge is 0.263 e. The summed E-state index contributed by atoms with van der Waals surface area (Å²) >= 11 is 6.16. The molecule has 2 N–H and O–H groups in total. The van der Waals surface area contributed by atoms with Crippen LogP contribution in [0.1, 0.15) is 41.4 Å². The summed E-state index contributed by atoms with van der Waals surface area (Å²) in [6, 6.07) is 18.2. The molecule has 168 valence electrons. The Morgan fingerprint density at radius 3 is 2.31 bits per heavy atom. The largest absolute Gasteiger partial charge is 0.494 e. The van der Waals surface area contributed by atoms with Crippen LogP contribution >= 0.6 is 11.6 Å². The Balaban J connectivity index is 1.77. The number of amides is 1. The summed E-state index contributed by atoms with van der Waals surface area (Å²) in [6.07, 6.45) is 0. The predicted molar refractivity (Wildman–Crippen MR) is 127 cm³/mol. The topological polar surface area (TPSA) is 84.5 Å². The van der Waals surface area contributed by atoms with E-state index in [1.54, 1.807) is 24.3 Å². The fourth-order valence-electron chi connectivity index (χ4n) is 3.06. The Hall–Kier alpha value is -3.03. The summed E-state index contributed by atoms with van der Waals surface area (Å²) in [5.74, 6) is 0.346. The second-order valence-electron chi connectivity index (χ2n) is 7.31. The molecule has 0 spiro atoms. The molecule has 8 heteroatoms. The molecule has 0 aliphatic heterocycles. The Kier molecular flexibility index (Phi) is 7.43. The van der Waals surface area contributed by atoms with Crippen molar-refractivity contribution in [3.05, 3.63) is 88.4 Å². The maximum atomic E-state index is 12.9. The number of benzene rings is 3. The lowest BCUT2D eigenvalue weighted by Crippen LogP contribution is -2.27. The minimum absolute atomic E-state index is 0.0284. The van der Waals surface area contributed by atoms with Gasteiger partial charge in [0.05, 0.1) is 17.7 Å². The summed E-state index contributed by atoms with van der Waals surface area (Å²) in [4.78, 5) is 12.6. The molecule has 32 heavy (non-hydrogen) atoms. The number of rotatable bonds is 8. The highest BCUT2D eigenvalue weighted by Gasteiger charge is 2.21.